The molecule has 0 unspecified atom stereocenters. The van der Waals surface area contributed by atoms with Gasteiger partial charge in [0.2, 0.25) is 0 Å². The fourth-order valence-corrected chi connectivity index (χ4v) is 4.12. The van der Waals surface area contributed by atoms with Gasteiger partial charge < -0.3 is 8.83 Å². The first-order chi connectivity index (χ1) is 12.7. The number of aryl methyl sites for hydroxylation is 1. The minimum atomic E-state index is -0.196. The van der Waals surface area contributed by atoms with E-state index < -0.39 is 0 Å². The average Bonchev–Trinajstić information content (AvgIpc) is 2.88. The minimum absolute atomic E-state index is 0.196. The molecule has 0 aliphatic heterocycles. The Labute approximate surface area is 155 Å². The van der Waals surface area contributed by atoms with Crippen LogP contribution in [0.15, 0.2) is 56.3 Å². The highest BCUT2D eigenvalue weighted by molar-refractivity contribution is 6.30. The Balaban J connectivity index is 1.80. The molecule has 2 aromatic heterocycles. The maximum absolute atomic E-state index is 12.4. The van der Waals surface area contributed by atoms with Crippen molar-refractivity contribution in [2.24, 2.45) is 0 Å². The number of hydrogen-bond acceptors (Lipinski definition) is 3. The second-order valence-electron chi connectivity index (χ2n) is 6.91. The van der Waals surface area contributed by atoms with Crippen molar-refractivity contribution in [3.8, 4) is 11.1 Å². The molecule has 2 heterocycles. The van der Waals surface area contributed by atoms with Crippen LogP contribution in [-0.2, 0) is 12.8 Å². The van der Waals surface area contributed by atoms with Gasteiger partial charge in [-0.25, -0.2) is 4.79 Å². The van der Waals surface area contributed by atoms with Gasteiger partial charge in [0.15, 0.2) is 0 Å². The first-order valence-corrected chi connectivity index (χ1v) is 9.34. The van der Waals surface area contributed by atoms with Crippen LogP contribution in [-0.4, -0.2) is 0 Å². The lowest BCUT2D eigenvalue weighted by molar-refractivity contribution is 0.546. The van der Waals surface area contributed by atoms with Crippen LogP contribution in [0.1, 0.15) is 30.4 Å². The van der Waals surface area contributed by atoms with Crippen LogP contribution in [0.4, 0.5) is 0 Å². The van der Waals surface area contributed by atoms with E-state index >= 15 is 0 Å². The monoisotopic (exact) mass is 364 g/mol. The predicted molar refractivity (Wildman–Crippen MR) is 104 cm³/mol. The molecule has 0 N–H and O–H groups in total. The lowest BCUT2D eigenvalue weighted by Crippen LogP contribution is -2.10. The van der Waals surface area contributed by atoms with Gasteiger partial charge in [0, 0.05) is 33.0 Å². The Morgan fingerprint density at radius 2 is 1.62 bits per heavy atom. The van der Waals surface area contributed by atoms with E-state index in [2.05, 4.69) is 6.07 Å². The summed E-state index contributed by atoms with van der Waals surface area (Å²) in [5.41, 5.74) is 5.21. The van der Waals surface area contributed by atoms with E-state index in [-0.39, 0.29) is 5.63 Å². The molecular weight excluding hydrogens is 348 g/mol. The minimum Gasteiger partial charge on any atom is -0.464 e. The lowest BCUT2D eigenvalue weighted by Gasteiger charge is -2.08. The number of benzene rings is 2. The highest BCUT2D eigenvalue weighted by Gasteiger charge is 2.19. The Bertz CT molecular complexity index is 1180. The predicted octanol–water partition coefficient (Wildman–Crippen LogP) is 6.13. The average molecular weight is 365 g/mol. The van der Waals surface area contributed by atoms with Crippen molar-refractivity contribution in [2.75, 3.05) is 0 Å². The van der Waals surface area contributed by atoms with E-state index in [4.69, 9.17) is 20.4 Å². The standard InChI is InChI=1S/C22H17ClO3/c23-14-8-6-13(7-9-14)19-12-25-20-11-21-17(10-18(19)20)15-4-2-1-3-5-16(15)22(24)26-21/h6-12H,1-5H2. The quantitative estimate of drug-likeness (QED) is 0.301. The van der Waals surface area contributed by atoms with E-state index in [9.17, 15) is 4.79 Å². The topological polar surface area (TPSA) is 43.4 Å². The molecule has 4 heteroatoms. The largest absolute Gasteiger partial charge is 0.464 e. The number of rotatable bonds is 1. The van der Waals surface area contributed by atoms with Gasteiger partial charge in [-0.3, -0.25) is 0 Å². The maximum Gasteiger partial charge on any atom is 0.339 e. The molecule has 0 saturated heterocycles. The summed E-state index contributed by atoms with van der Waals surface area (Å²) in [7, 11) is 0. The number of hydrogen-bond donors (Lipinski definition) is 0. The fourth-order valence-electron chi connectivity index (χ4n) is 3.99. The molecule has 5 rings (SSSR count). The lowest BCUT2D eigenvalue weighted by atomic mass is 9.97. The summed E-state index contributed by atoms with van der Waals surface area (Å²) in [6.07, 6.45) is 6.80. The fraction of sp³-hybridized carbons (Fsp3) is 0.227. The first kappa shape index (κ1) is 15.7. The molecule has 0 fully saturated rings. The summed E-state index contributed by atoms with van der Waals surface area (Å²) < 4.78 is 11.4. The Hall–Kier alpha value is -2.52. The molecule has 1 aliphatic rings. The van der Waals surface area contributed by atoms with E-state index in [1.165, 1.54) is 0 Å². The molecule has 1 aliphatic carbocycles. The van der Waals surface area contributed by atoms with Gasteiger partial charge in [-0.05, 0) is 55.0 Å². The molecular formula is C22H17ClO3. The highest BCUT2D eigenvalue weighted by Crippen LogP contribution is 2.36. The van der Waals surface area contributed by atoms with Crippen LogP contribution in [0.2, 0.25) is 5.02 Å². The van der Waals surface area contributed by atoms with Gasteiger partial charge in [0.1, 0.15) is 11.2 Å². The van der Waals surface area contributed by atoms with Gasteiger partial charge in [-0.15, -0.1) is 0 Å². The number of halogens is 1. The molecule has 4 aromatic rings. The van der Waals surface area contributed by atoms with Gasteiger partial charge in [0.25, 0.3) is 0 Å². The van der Waals surface area contributed by atoms with Crippen molar-refractivity contribution in [3.63, 3.8) is 0 Å². The third kappa shape index (κ3) is 2.46. The van der Waals surface area contributed by atoms with Crippen LogP contribution in [0.5, 0.6) is 0 Å². The maximum atomic E-state index is 12.4. The molecule has 0 atom stereocenters. The normalized spacial score (nSPS) is 14.5. The van der Waals surface area contributed by atoms with Crippen LogP contribution in [0.25, 0.3) is 33.1 Å². The van der Waals surface area contributed by atoms with E-state index in [0.717, 1.165) is 70.7 Å². The van der Waals surface area contributed by atoms with Crippen molar-refractivity contribution < 1.29 is 8.83 Å². The van der Waals surface area contributed by atoms with Crippen molar-refractivity contribution in [3.05, 3.63) is 69.2 Å². The van der Waals surface area contributed by atoms with E-state index in [1.54, 1.807) is 6.26 Å². The summed E-state index contributed by atoms with van der Waals surface area (Å²) in [6.45, 7) is 0. The summed E-state index contributed by atoms with van der Waals surface area (Å²) in [6, 6.07) is 11.7. The van der Waals surface area contributed by atoms with E-state index in [1.807, 2.05) is 30.3 Å². The molecule has 2 aromatic carbocycles. The van der Waals surface area contributed by atoms with Gasteiger partial charge in [-0.1, -0.05) is 30.2 Å². The van der Waals surface area contributed by atoms with Gasteiger partial charge in [0.05, 0.1) is 6.26 Å². The second kappa shape index (κ2) is 6.03. The van der Waals surface area contributed by atoms with Crippen LogP contribution in [0, 0.1) is 0 Å². The molecule has 0 amide bonds. The van der Waals surface area contributed by atoms with Crippen molar-refractivity contribution in [2.45, 2.75) is 32.1 Å². The molecule has 26 heavy (non-hydrogen) atoms. The molecule has 130 valence electrons. The van der Waals surface area contributed by atoms with E-state index in [0.29, 0.717) is 10.6 Å². The zero-order valence-corrected chi connectivity index (χ0v) is 14.9. The summed E-state index contributed by atoms with van der Waals surface area (Å²) in [5, 5.41) is 2.77. The van der Waals surface area contributed by atoms with Crippen LogP contribution >= 0.6 is 11.6 Å². The number of furan rings is 1. The Morgan fingerprint density at radius 1 is 0.846 bits per heavy atom. The van der Waals surface area contributed by atoms with Crippen LogP contribution in [0.3, 0.4) is 0 Å². The summed E-state index contributed by atoms with van der Waals surface area (Å²) >= 11 is 6.01. The van der Waals surface area contributed by atoms with Gasteiger partial charge >= 0.3 is 5.63 Å². The zero-order valence-electron chi connectivity index (χ0n) is 14.2. The Morgan fingerprint density at radius 3 is 2.42 bits per heavy atom. The molecule has 0 spiro atoms. The smallest absolute Gasteiger partial charge is 0.339 e. The summed E-state index contributed by atoms with van der Waals surface area (Å²) in [4.78, 5) is 12.4. The first-order valence-electron chi connectivity index (χ1n) is 8.96. The van der Waals surface area contributed by atoms with Gasteiger partial charge in [-0.2, -0.15) is 0 Å². The molecule has 0 bridgehead atoms. The van der Waals surface area contributed by atoms with Crippen molar-refractivity contribution in [1.29, 1.82) is 0 Å². The number of fused-ring (bicyclic) bond motifs is 4. The Kier molecular flexibility index (Phi) is 3.64. The zero-order chi connectivity index (χ0) is 17.7. The molecule has 0 radical (unpaired) electrons. The second-order valence-corrected chi connectivity index (χ2v) is 7.34. The third-order valence-corrected chi connectivity index (χ3v) is 5.57. The molecule has 3 nitrogen and oxygen atoms in total. The van der Waals surface area contributed by atoms with Crippen molar-refractivity contribution >= 4 is 33.5 Å². The van der Waals surface area contributed by atoms with Crippen LogP contribution < -0.4 is 5.63 Å². The van der Waals surface area contributed by atoms with Crippen molar-refractivity contribution in [1.82, 2.24) is 0 Å². The molecule has 0 saturated carbocycles. The third-order valence-electron chi connectivity index (χ3n) is 5.32. The highest BCUT2D eigenvalue weighted by atomic mass is 35.5. The SMILES string of the molecule is O=c1oc2cc3occ(-c4ccc(Cl)cc4)c3cc2c2c1CCCCC2. The summed E-state index contributed by atoms with van der Waals surface area (Å²) in [5.74, 6) is 0.